The normalized spacial score (nSPS) is 15.8. The van der Waals surface area contributed by atoms with Crippen molar-refractivity contribution in [2.24, 2.45) is 0 Å². The Bertz CT molecular complexity index is 718. The lowest BCUT2D eigenvalue weighted by Crippen LogP contribution is -2.41. The Labute approximate surface area is 143 Å². The summed E-state index contributed by atoms with van der Waals surface area (Å²) in [6.45, 7) is 6.91. The Morgan fingerprint density at radius 2 is 2.04 bits per heavy atom. The van der Waals surface area contributed by atoms with Crippen molar-refractivity contribution in [1.82, 2.24) is 24.5 Å². The number of aromatic nitrogens is 4. The molecule has 24 heavy (non-hydrogen) atoms. The van der Waals surface area contributed by atoms with E-state index < -0.39 is 0 Å². The second-order valence-electron chi connectivity index (χ2n) is 6.70. The molecule has 130 valence electrons. The van der Waals surface area contributed by atoms with Gasteiger partial charge in [0.2, 0.25) is 5.91 Å². The first kappa shape index (κ1) is 16.9. The van der Waals surface area contributed by atoms with Gasteiger partial charge in [0, 0.05) is 30.4 Å². The fourth-order valence-electron chi connectivity index (χ4n) is 3.92. The van der Waals surface area contributed by atoms with Gasteiger partial charge in [0.05, 0.1) is 0 Å². The summed E-state index contributed by atoms with van der Waals surface area (Å²) < 4.78 is 1.76. The quantitative estimate of drug-likeness (QED) is 0.846. The van der Waals surface area contributed by atoms with E-state index in [1.54, 1.807) is 4.52 Å². The molecule has 2 heterocycles. The van der Waals surface area contributed by atoms with E-state index in [1.165, 1.54) is 25.6 Å². The third-order valence-electron chi connectivity index (χ3n) is 5.25. The predicted octanol–water partition coefficient (Wildman–Crippen LogP) is 2.85. The van der Waals surface area contributed by atoms with Gasteiger partial charge in [-0.1, -0.05) is 19.3 Å². The maximum atomic E-state index is 12.8. The lowest BCUT2D eigenvalue weighted by molar-refractivity contribution is -0.133. The number of nitrogens with zero attached hydrogens (tertiary/aromatic N) is 5. The largest absolute Gasteiger partial charge is 0.340 e. The van der Waals surface area contributed by atoms with Crippen molar-refractivity contribution in [2.75, 3.05) is 6.54 Å². The summed E-state index contributed by atoms with van der Waals surface area (Å²) in [5, 5.41) is 4.22. The molecule has 0 radical (unpaired) electrons. The molecule has 0 bridgehead atoms. The maximum absolute atomic E-state index is 12.8. The third-order valence-corrected chi connectivity index (χ3v) is 5.25. The highest BCUT2D eigenvalue weighted by Crippen LogP contribution is 2.23. The summed E-state index contributed by atoms with van der Waals surface area (Å²) in [7, 11) is 0. The van der Waals surface area contributed by atoms with Crippen LogP contribution >= 0.6 is 0 Å². The molecule has 0 N–H and O–H groups in total. The number of rotatable bonds is 5. The Hall–Kier alpha value is -1.98. The number of carbonyl (C=O) groups is 1. The zero-order chi connectivity index (χ0) is 17.1. The van der Waals surface area contributed by atoms with Crippen LogP contribution < -0.4 is 0 Å². The molecule has 0 unspecified atom stereocenters. The van der Waals surface area contributed by atoms with Crippen LogP contribution in [0.3, 0.4) is 0 Å². The number of amides is 1. The zero-order valence-electron chi connectivity index (χ0n) is 15.0. The van der Waals surface area contributed by atoms with Gasteiger partial charge in [-0.3, -0.25) is 4.79 Å². The Morgan fingerprint density at radius 3 is 2.75 bits per heavy atom. The average Bonchev–Trinajstić information content (AvgIpc) is 3.05. The lowest BCUT2D eigenvalue weighted by atomic mass is 9.93. The van der Waals surface area contributed by atoms with Gasteiger partial charge in [-0.05, 0) is 45.6 Å². The molecule has 1 aliphatic rings. The van der Waals surface area contributed by atoms with E-state index in [0.717, 1.165) is 36.3 Å². The van der Waals surface area contributed by atoms with E-state index in [2.05, 4.69) is 26.9 Å². The fraction of sp³-hybridized carbons (Fsp3) is 0.667. The number of carbonyl (C=O) groups excluding carboxylic acids is 1. The van der Waals surface area contributed by atoms with Crippen LogP contribution in [-0.2, 0) is 11.2 Å². The summed E-state index contributed by atoms with van der Waals surface area (Å²) >= 11 is 0. The van der Waals surface area contributed by atoms with Gasteiger partial charge in [-0.25, -0.2) is 9.50 Å². The highest BCUT2D eigenvalue weighted by Gasteiger charge is 2.24. The van der Waals surface area contributed by atoms with E-state index in [-0.39, 0.29) is 5.91 Å². The van der Waals surface area contributed by atoms with Gasteiger partial charge < -0.3 is 4.90 Å². The minimum atomic E-state index is 0.266. The summed E-state index contributed by atoms with van der Waals surface area (Å²) in [5.41, 5.74) is 3.09. The molecule has 0 atom stereocenters. The van der Waals surface area contributed by atoms with E-state index >= 15 is 0 Å². The molecule has 0 saturated heterocycles. The van der Waals surface area contributed by atoms with Gasteiger partial charge in [-0.15, -0.1) is 0 Å². The van der Waals surface area contributed by atoms with Crippen molar-refractivity contribution in [3.63, 3.8) is 0 Å². The summed E-state index contributed by atoms with van der Waals surface area (Å²) in [6.07, 6.45) is 8.89. The van der Waals surface area contributed by atoms with E-state index in [4.69, 9.17) is 0 Å². The van der Waals surface area contributed by atoms with Crippen molar-refractivity contribution >= 4 is 11.7 Å². The molecule has 0 aromatic carbocycles. The molecule has 1 aliphatic carbocycles. The number of hydrogen-bond donors (Lipinski definition) is 0. The van der Waals surface area contributed by atoms with Gasteiger partial charge in [-0.2, -0.15) is 10.1 Å². The standard InChI is InChI=1S/C18H27N5O/c1-4-22(15-8-6-5-7-9-15)17(24)11-10-16-13(2)21-18-19-12-20-23(18)14(16)3/h12,15H,4-11H2,1-3H3. The van der Waals surface area contributed by atoms with Crippen LogP contribution in [0, 0.1) is 13.8 Å². The molecule has 6 heteroatoms. The van der Waals surface area contributed by atoms with E-state index in [1.807, 2.05) is 13.8 Å². The first-order chi connectivity index (χ1) is 11.6. The van der Waals surface area contributed by atoms with Gasteiger partial charge in [0.25, 0.3) is 5.78 Å². The first-order valence-corrected chi connectivity index (χ1v) is 9.07. The van der Waals surface area contributed by atoms with Crippen molar-refractivity contribution < 1.29 is 4.79 Å². The molecular formula is C18H27N5O. The first-order valence-electron chi connectivity index (χ1n) is 9.07. The summed E-state index contributed by atoms with van der Waals surface area (Å²) in [4.78, 5) is 23.5. The second kappa shape index (κ2) is 7.28. The topological polar surface area (TPSA) is 63.4 Å². The molecule has 1 amide bonds. The Morgan fingerprint density at radius 1 is 1.29 bits per heavy atom. The molecule has 0 spiro atoms. The van der Waals surface area contributed by atoms with Crippen molar-refractivity contribution in [3.05, 3.63) is 23.3 Å². The van der Waals surface area contributed by atoms with Crippen LogP contribution in [0.15, 0.2) is 6.33 Å². The maximum Gasteiger partial charge on any atom is 0.252 e. The van der Waals surface area contributed by atoms with Crippen LogP contribution in [-0.4, -0.2) is 43.0 Å². The fourth-order valence-corrected chi connectivity index (χ4v) is 3.92. The Kier molecular flexibility index (Phi) is 5.11. The number of aryl methyl sites for hydroxylation is 2. The minimum absolute atomic E-state index is 0.266. The van der Waals surface area contributed by atoms with Crippen molar-refractivity contribution in [3.8, 4) is 0 Å². The molecule has 2 aromatic rings. The molecule has 0 aliphatic heterocycles. The molecule has 1 saturated carbocycles. The SMILES string of the molecule is CCN(C(=O)CCc1c(C)nc2ncnn2c1C)C1CCCCC1. The lowest BCUT2D eigenvalue weighted by Gasteiger charge is -2.33. The van der Waals surface area contributed by atoms with Crippen molar-refractivity contribution in [2.45, 2.75) is 71.8 Å². The van der Waals surface area contributed by atoms with Crippen molar-refractivity contribution in [1.29, 1.82) is 0 Å². The minimum Gasteiger partial charge on any atom is -0.340 e. The van der Waals surface area contributed by atoms with Crippen LogP contribution in [0.5, 0.6) is 0 Å². The smallest absolute Gasteiger partial charge is 0.252 e. The molecule has 6 nitrogen and oxygen atoms in total. The molecule has 2 aromatic heterocycles. The van der Waals surface area contributed by atoms with Crippen LogP contribution in [0.1, 0.15) is 62.4 Å². The van der Waals surface area contributed by atoms with Gasteiger partial charge >= 0.3 is 0 Å². The number of fused-ring (bicyclic) bond motifs is 1. The summed E-state index contributed by atoms with van der Waals surface area (Å²) in [5.74, 6) is 0.888. The van der Waals surface area contributed by atoms with Gasteiger partial charge in [0.1, 0.15) is 6.33 Å². The molecule has 1 fully saturated rings. The number of hydrogen-bond acceptors (Lipinski definition) is 4. The predicted molar refractivity (Wildman–Crippen MR) is 92.8 cm³/mol. The van der Waals surface area contributed by atoms with Gasteiger partial charge in [0.15, 0.2) is 0 Å². The third kappa shape index (κ3) is 3.28. The van der Waals surface area contributed by atoms with Crippen LogP contribution in [0.2, 0.25) is 0 Å². The molecular weight excluding hydrogens is 302 g/mol. The van der Waals surface area contributed by atoms with Crippen LogP contribution in [0.4, 0.5) is 0 Å². The van der Waals surface area contributed by atoms with Crippen LogP contribution in [0.25, 0.3) is 5.78 Å². The van der Waals surface area contributed by atoms with E-state index in [9.17, 15) is 4.79 Å². The second-order valence-corrected chi connectivity index (χ2v) is 6.70. The highest BCUT2D eigenvalue weighted by atomic mass is 16.2. The average molecular weight is 329 g/mol. The molecule has 3 rings (SSSR count). The summed E-state index contributed by atoms with van der Waals surface area (Å²) in [6, 6.07) is 0.439. The highest BCUT2D eigenvalue weighted by molar-refractivity contribution is 5.76. The monoisotopic (exact) mass is 329 g/mol. The zero-order valence-corrected chi connectivity index (χ0v) is 15.0. The Balaban J connectivity index is 1.71. The van der Waals surface area contributed by atoms with E-state index in [0.29, 0.717) is 24.7 Å².